The second-order valence-electron chi connectivity index (χ2n) is 8.89. The number of carbonyl (C=O) groups is 1. The van der Waals surface area contributed by atoms with Crippen LogP contribution in [0.4, 0.5) is 0 Å². The van der Waals surface area contributed by atoms with Crippen LogP contribution < -0.4 is 9.47 Å². The van der Waals surface area contributed by atoms with Crippen LogP contribution in [0, 0.1) is 11.8 Å². The number of para-hydroxylation sites is 1. The van der Waals surface area contributed by atoms with Crippen LogP contribution in [0.25, 0.3) is 0 Å². The highest BCUT2D eigenvalue weighted by molar-refractivity contribution is 5.73. The first kappa shape index (κ1) is 25.9. The molecule has 0 N–H and O–H groups in total. The Balaban J connectivity index is 1.93. The lowest BCUT2D eigenvalue weighted by Gasteiger charge is -2.23. The summed E-state index contributed by atoms with van der Waals surface area (Å²) in [6, 6.07) is 13.9. The van der Waals surface area contributed by atoms with Gasteiger partial charge in [0, 0.05) is 25.3 Å². The smallest absolute Gasteiger partial charge is 0.314 e. The molecule has 0 aliphatic carbocycles. The number of carbonyl (C=O) groups excluding carboxylic acids is 1. The van der Waals surface area contributed by atoms with Gasteiger partial charge >= 0.3 is 5.97 Å². The van der Waals surface area contributed by atoms with Crippen LogP contribution >= 0.6 is 0 Å². The number of ether oxygens (including phenoxy) is 4. The predicted octanol–water partition coefficient (Wildman–Crippen LogP) is 6.14. The lowest BCUT2D eigenvalue weighted by molar-refractivity contribution is -0.135. The van der Waals surface area contributed by atoms with Crippen molar-refractivity contribution in [2.45, 2.75) is 59.7 Å². The Morgan fingerprint density at radius 3 is 1.97 bits per heavy atom. The lowest BCUT2D eigenvalue weighted by atomic mass is 9.82. The molecule has 0 saturated carbocycles. The Kier molecular flexibility index (Phi) is 10.7. The van der Waals surface area contributed by atoms with Crippen LogP contribution in [0.15, 0.2) is 42.5 Å². The highest BCUT2D eigenvalue weighted by Gasteiger charge is 2.18. The van der Waals surface area contributed by atoms with Crippen molar-refractivity contribution in [2.24, 2.45) is 11.8 Å². The van der Waals surface area contributed by atoms with Crippen LogP contribution in [0.5, 0.6) is 11.5 Å². The summed E-state index contributed by atoms with van der Waals surface area (Å²) in [7, 11) is 3.22. The molecule has 5 heteroatoms. The lowest BCUT2D eigenvalue weighted by Crippen LogP contribution is -2.15. The summed E-state index contributed by atoms with van der Waals surface area (Å²) in [5.41, 5.74) is 2.96. The number of benzene rings is 2. The fourth-order valence-electron chi connectivity index (χ4n) is 3.84. The molecule has 0 amide bonds. The largest absolute Gasteiger partial charge is 0.493 e. The molecule has 2 aromatic carbocycles. The third-order valence-corrected chi connectivity index (χ3v) is 5.41. The van der Waals surface area contributed by atoms with Crippen molar-refractivity contribution >= 4 is 5.97 Å². The van der Waals surface area contributed by atoms with Crippen LogP contribution in [0.1, 0.15) is 63.1 Å². The molecule has 0 saturated heterocycles. The van der Waals surface area contributed by atoms with Crippen molar-refractivity contribution in [3.05, 3.63) is 59.2 Å². The SMILES string of the molecule is COCc1cccc(COC)c1OC(=O)CCOc1ccc(C(CC(C)C)C(C)C)cc1. The van der Waals surface area contributed by atoms with E-state index in [0.29, 0.717) is 36.7 Å². The summed E-state index contributed by atoms with van der Waals surface area (Å²) in [6.07, 6.45) is 1.32. The maximum Gasteiger partial charge on any atom is 0.314 e. The minimum absolute atomic E-state index is 0.150. The molecule has 1 atom stereocenters. The average Bonchev–Trinajstić information content (AvgIpc) is 2.75. The summed E-state index contributed by atoms with van der Waals surface area (Å²) in [6.45, 7) is 10.0. The minimum Gasteiger partial charge on any atom is -0.493 e. The van der Waals surface area contributed by atoms with Crippen molar-refractivity contribution in [1.29, 1.82) is 0 Å². The van der Waals surface area contributed by atoms with E-state index >= 15 is 0 Å². The molecule has 1 unspecified atom stereocenters. The maximum absolute atomic E-state index is 12.5. The number of hydrogen-bond acceptors (Lipinski definition) is 5. The van der Waals surface area contributed by atoms with Crippen LogP contribution in [-0.4, -0.2) is 26.8 Å². The van der Waals surface area contributed by atoms with Gasteiger partial charge < -0.3 is 18.9 Å². The van der Waals surface area contributed by atoms with Gasteiger partial charge in [-0.25, -0.2) is 0 Å². The Labute approximate surface area is 193 Å². The fourth-order valence-corrected chi connectivity index (χ4v) is 3.84. The Morgan fingerprint density at radius 2 is 1.47 bits per heavy atom. The summed E-state index contributed by atoms with van der Waals surface area (Å²) >= 11 is 0. The molecule has 0 fully saturated rings. The van der Waals surface area contributed by atoms with Gasteiger partial charge in [0.05, 0.1) is 26.2 Å². The van der Waals surface area contributed by atoms with Gasteiger partial charge in [-0.2, -0.15) is 0 Å². The molecular weight excluding hydrogens is 404 g/mol. The zero-order valence-electron chi connectivity index (χ0n) is 20.4. The van der Waals surface area contributed by atoms with Crippen molar-refractivity contribution in [3.63, 3.8) is 0 Å². The van der Waals surface area contributed by atoms with E-state index in [0.717, 1.165) is 16.9 Å². The normalized spacial score (nSPS) is 12.2. The van der Waals surface area contributed by atoms with E-state index < -0.39 is 0 Å². The molecule has 0 aliphatic rings. The van der Waals surface area contributed by atoms with E-state index in [2.05, 4.69) is 39.8 Å². The van der Waals surface area contributed by atoms with Crippen molar-refractivity contribution in [3.8, 4) is 11.5 Å². The zero-order valence-corrected chi connectivity index (χ0v) is 20.4. The Bertz CT molecular complexity index is 802. The minimum atomic E-state index is -0.348. The first-order valence-electron chi connectivity index (χ1n) is 11.4. The van der Waals surface area contributed by atoms with Crippen molar-refractivity contribution in [1.82, 2.24) is 0 Å². The molecule has 2 rings (SSSR count). The van der Waals surface area contributed by atoms with Crippen LogP contribution in [-0.2, 0) is 27.5 Å². The molecule has 0 bridgehead atoms. The molecule has 0 aromatic heterocycles. The predicted molar refractivity (Wildman–Crippen MR) is 127 cm³/mol. The standard InChI is InChI=1S/C27H38O5/c1-19(2)16-25(20(3)4)21-10-12-24(13-11-21)31-15-14-26(28)32-27-22(17-29-5)8-7-9-23(27)18-30-6/h7-13,19-20,25H,14-18H2,1-6H3. The molecule has 176 valence electrons. The number of methoxy groups -OCH3 is 2. The van der Waals surface area contributed by atoms with Crippen molar-refractivity contribution < 1.29 is 23.7 Å². The Hall–Kier alpha value is -2.37. The second-order valence-corrected chi connectivity index (χ2v) is 8.89. The second kappa shape index (κ2) is 13.2. The number of esters is 1. The van der Waals surface area contributed by atoms with Gasteiger partial charge in [0.15, 0.2) is 0 Å². The Morgan fingerprint density at radius 1 is 0.875 bits per heavy atom. The van der Waals surface area contributed by atoms with Gasteiger partial charge in [0.2, 0.25) is 0 Å². The quantitative estimate of drug-likeness (QED) is 0.275. The maximum atomic E-state index is 12.5. The summed E-state index contributed by atoms with van der Waals surface area (Å²) < 4.78 is 21.9. The van der Waals surface area contributed by atoms with Gasteiger partial charge in [0.25, 0.3) is 0 Å². The average molecular weight is 443 g/mol. The van der Waals surface area contributed by atoms with Crippen molar-refractivity contribution in [2.75, 3.05) is 20.8 Å². The molecule has 32 heavy (non-hydrogen) atoms. The van der Waals surface area contributed by atoms with E-state index in [1.807, 2.05) is 30.3 Å². The van der Waals surface area contributed by atoms with Gasteiger partial charge in [-0.05, 0) is 41.9 Å². The first-order chi connectivity index (χ1) is 15.3. The highest BCUT2D eigenvalue weighted by Crippen LogP contribution is 2.32. The number of rotatable bonds is 13. The third-order valence-electron chi connectivity index (χ3n) is 5.41. The summed E-state index contributed by atoms with van der Waals surface area (Å²) in [5, 5.41) is 0. The van der Waals surface area contributed by atoms with E-state index in [4.69, 9.17) is 18.9 Å². The van der Waals surface area contributed by atoms with E-state index in [1.54, 1.807) is 14.2 Å². The molecule has 0 radical (unpaired) electrons. The first-order valence-corrected chi connectivity index (χ1v) is 11.4. The van der Waals surface area contributed by atoms with Gasteiger partial charge in [0.1, 0.15) is 11.5 Å². The monoisotopic (exact) mass is 442 g/mol. The molecule has 0 spiro atoms. The molecular formula is C27H38O5. The van der Waals surface area contributed by atoms with E-state index in [1.165, 1.54) is 12.0 Å². The van der Waals surface area contributed by atoms with Gasteiger partial charge in [-0.3, -0.25) is 4.79 Å². The number of hydrogen-bond donors (Lipinski definition) is 0. The van der Waals surface area contributed by atoms with E-state index in [-0.39, 0.29) is 19.0 Å². The molecule has 2 aromatic rings. The summed E-state index contributed by atoms with van der Waals surface area (Å²) in [4.78, 5) is 12.5. The zero-order chi connectivity index (χ0) is 23.5. The third kappa shape index (κ3) is 7.95. The molecule has 0 heterocycles. The molecule has 0 aliphatic heterocycles. The fraction of sp³-hybridized carbons (Fsp3) is 0.519. The molecule has 5 nitrogen and oxygen atoms in total. The topological polar surface area (TPSA) is 54.0 Å². The van der Waals surface area contributed by atoms with E-state index in [9.17, 15) is 4.79 Å². The van der Waals surface area contributed by atoms with Crippen LogP contribution in [0.3, 0.4) is 0 Å². The van der Waals surface area contributed by atoms with Crippen LogP contribution in [0.2, 0.25) is 0 Å². The summed E-state index contributed by atoms with van der Waals surface area (Å²) in [5.74, 6) is 2.70. The van der Waals surface area contributed by atoms with Gasteiger partial charge in [-0.15, -0.1) is 0 Å². The highest BCUT2D eigenvalue weighted by atomic mass is 16.5. The van der Waals surface area contributed by atoms with Gasteiger partial charge in [-0.1, -0.05) is 58.0 Å².